The minimum Gasteiger partial charge on any atom is -0.342 e. The SMILES string of the molecule is CCn1cnnc1CN1CCC2(CCC(=O)N(CCCn3ccnc3)C2)CC1. The Hall–Kier alpha value is -2.22. The van der Waals surface area contributed by atoms with Crippen molar-refractivity contribution in [3.8, 4) is 0 Å². The second kappa shape index (κ2) is 8.43. The van der Waals surface area contributed by atoms with E-state index in [0.29, 0.717) is 17.7 Å². The zero-order valence-corrected chi connectivity index (χ0v) is 16.8. The number of hydrogen-bond acceptors (Lipinski definition) is 5. The number of rotatable bonds is 7. The molecule has 2 aliphatic heterocycles. The van der Waals surface area contributed by atoms with Crippen molar-refractivity contribution in [2.45, 2.75) is 58.7 Å². The molecule has 0 saturated carbocycles. The lowest BCUT2D eigenvalue weighted by atomic mass is 9.72. The van der Waals surface area contributed by atoms with Crippen molar-refractivity contribution < 1.29 is 4.79 Å². The summed E-state index contributed by atoms with van der Waals surface area (Å²) in [6.45, 7) is 8.76. The van der Waals surface area contributed by atoms with Crippen LogP contribution < -0.4 is 0 Å². The summed E-state index contributed by atoms with van der Waals surface area (Å²) in [7, 11) is 0. The molecule has 2 saturated heterocycles. The Balaban J connectivity index is 1.28. The lowest BCUT2D eigenvalue weighted by molar-refractivity contribution is -0.139. The minimum atomic E-state index is 0.303. The fourth-order valence-electron chi connectivity index (χ4n) is 4.63. The molecule has 0 N–H and O–H groups in total. The van der Waals surface area contributed by atoms with Crippen LogP contribution in [-0.2, 0) is 24.4 Å². The molecule has 0 radical (unpaired) electrons. The molecular formula is C20H31N7O. The minimum absolute atomic E-state index is 0.303. The van der Waals surface area contributed by atoms with Gasteiger partial charge < -0.3 is 14.0 Å². The highest BCUT2D eigenvalue weighted by Gasteiger charge is 2.40. The normalized spacial score (nSPS) is 20.2. The van der Waals surface area contributed by atoms with Crippen molar-refractivity contribution in [2.24, 2.45) is 5.41 Å². The van der Waals surface area contributed by atoms with Gasteiger partial charge in [-0.05, 0) is 51.1 Å². The summed E-state index contributed by atoms with van der Waals surface area (Å²) < 4.78 is 4.20. The van der Waals surface area contributed by atoms with Gasteiger partial charge in [-0.15, -0.1) is 10.2 Å². The number of carbonyl (C=O) groups excluding carboxylic acids is 1. The number of nitrogens with zero attached hydrogens (tertiary/aromatic N) is 7. The molecular weight excluding hydrogens is 354 g/mol. The van der Waals surface area contributed by atoms with E-state index in [-0.39, 0.29) is 0 Å². The van der Waals surface area contributed by atoms with Gasteiger partial charge in [0.15, 0.2) is 0 Å². The van der Waals surface area contributed by atoms with Gasteiger partial charge in [0.1, 0.15) is 12.2 Å². The number of aromatic nitrogens is 5. The van der Waals surface area contributed by atoms with E-state index < -0.39 is 0 Å². The third kappa shape index (κ3) is 4.27. The van der Waals surface area contributed by atoms with Gasteiger partial charge in [0.25, 0.3) is 0 Å². The molecule has 0 aromatic carbocycles. The predicted molar refractivity (Wildman–Crippen MR) is 105 cm³/mol. The first-order valence-corrected chi connectivity index (χ1v) is 10.5. The number of hydrogen-bond donors (Lipinski definition) is 0. The Morgan fingerprint density at radius 3 is 2.75 bits per heavy atom. The van der Waals surface area contributed by atoms with Crippen molar-refractivity contribution in [1.82, 2.24) is 34.1 Å². The summed E-state index contributed by atoms with van der Waals surface area (Å²) in [6, 6.07) is 0. The largest absolute Gasteiger partial charge is 0.342 e. The Kier molecular flexibility index (Phi) is 5.75. The quantitative estimate of drug-likeness (QED) is 0.727. The molecule has 1 spiro atoms. The first-order valence-electron chi connectivity index (χ1n) is 10.5. The van der Waals surface area contributed by atoms with Crippen LogP contribution in [0.15, 0.2) is 25.0 Å². The van der Waals surface area contributed by atoms with Gasteiger partial charge >= 0.3 is 0 Å². The van der Waals surface area contributed by atoms with Crippen LogP contribution in [0, 0.1) is 5.41 Å². The van der Waals surface area contributed by atoms with Gasteiger partial charge in [0.05, 0.1) is 12.9 Å². The van der Waals surface area contributed by atoms with Crippen LogP contribution in [0.25, 0.3) is 0 Å². The first kappa shape index (κ1) is 19.1. The van der Waals surface area contributed by atoms with E-state index in [9.17, 15) is 4.79 Å². The van der Waals surface area contributed by atoms with Gasteiger partial charge in [-0.3, -0.25) is 9.69 Å². The highest BCUT2D eigenvalue weighted by atomic mass is 16.2. The average Bonchev–Trinajstić information content (AvgIpc) is 3.38. The summed E-state index contributed by atoms with van der Waals surface area (Å²) in [6.07, 6.45) is 12.5. The molecule has 152 valence electrons. The average molecular weight is 386 g/mol. The van der Waals surface area contributed by atoms with E-state index in [2.05, 4.69) is 41.0 Å². The monoisotopic (exact) mass is 385 g/mol. The van der Waals surface area contributed by atoms with E-state index in [1.165, 1.54) is 12.8 Å². The second-order valence-corrected chi connectivity index (χ2v) is 8.28. The molecule has 8 heteroatoms. The van der Waals surface area contributed by atoms with Crippen LogP contribution in [0.2, 0.25) is 0 Å². The fourth-order valence-corrected chi connectivity index (χ4v) is 4.63. The van der Waals surface area contributed by atoms with E-state index in [1.54, 1.807) is 6.20 Å². The van der Waals surface area contributed by atoms with Crippen molar-refractivity contribution in [2.75, 3.05) is 26.2 Å². The highest BCUT2D eigenvalue weighted by molar-refractivity contribution is 5.77. The maximum atomic E-state index is 12.4. The van der Waals surface area contributed by atoms with Crippen molar-refractivity contribution in [3.05, 3.63) is 30.9 Å². The van der Waals surface area contributed by atoms with Crippen LogP contribution in [0.3, 0.4) is 0 Å². The topological polar surface area (TPSA) is 72.1 Å². The van der Waals surface area contributed by atoms with Crippen LogP contribution in [0.1, 0.15) is 44.9 Å². The predicted octanol–water partition coefficient (Wildman–Crippen LogP) is 1.79. The third-order valence-electron chi connectivity index (χ3n) is 6.47. The molecule has 1 amide bonds. The van der Waals surface area contributed by atoms with Gasteiger partial charge in [0, 0.05) is 45.0 Å². The van der Waals surface area contributed by atoms with Crippen molar-refractivity contribution in [3.63, 3.8) is 0 Å². The molecule has 0 aliphatic carbocycles. The molecule has 4 heterocycles. The van der Waals surface area contributed by atoms with E-state index in [1.807, 2.05) is 18.9 Å². The highest BCUT2D eigenvalue weighted by Crippen LogP contribution is 2.40. The van der Waals surface area contributed by atoms with Gasteiger partial charge in [-0.1, -0.05) is 0 Å². The van der Waals surface area contributed by atoms with Crippen LogP contribution in [0.5, 0.6) is 0 Å². The number of aryl methyl sites for hydroxylation is 2. The summed E-state index contributed by atoms with van der Waals surface area (Å²) in [5, 5.41) is 8.32. The zero-order valence-electron chi connectivity index (χ0n) is 16.8. The smallest absolute Gasteiger partial charge is 0.222 e. The Morgan fingerprint density at radius 2 is 2.00 bits per heavy atom. The molecule has 2 fully saturated rings. The molecule has 28 heavy (non-hydrogen) atoms. The number of carbonyl (C=O) groups is 1. The molecule has 0 unspecified atom stereocenters. The molecule has 0 atom stereocenters. The summed E-state index contributed by atoms with van der Waals surface area (Å²) in [5.74, 6) is 1.38. The third-order valence-corrected chi connectivity index (χ3v) is 6.47. The maximum Gasteiger partial charge on any atom is 0.222 e. The van der Waals surface area contributed by atoms with Gasteiger partial charge in [0.2, 0.25) is 5.91 Å². The molecule has 2 aliphatic rings. The molecule has 8 nitrogen and oxygen atoms in total. The van der Waals surface area contributed by atoms with E-state index in [0.717, 1.165) is 64.5 Å². The summed E-state index contributed by atoms with van der Waals surface area (Å²) in [4.78, 5) is 21.1. The summed E-state index contributed by atoms with van der Waals surface area (Å²) in [5.41, 5.74) is 0.303. The fraction of sp³-hybridized carbons (Fsp3) is 0.700. The number of imidazole rings is 1. The lowest BCUT2D eigenvalue weighted by Gasteiger charge is -2.47. The molecule has 2 aromatic rings. The Bertz CT molecular complexity index is 761. The van der Waals surface area contributed by atoms with Crippen molar-refractivity contribution >= 4 is 5.91 Å². The van der Waals surface area contributed by atoms with Crippen LogP contribution >= 0.6 is 0 Å². The van der Waals surface area contributed by atoms with Crippen molar-refractivity contribution in [1.29, 1.82) is 0 Å². The Morgan fingerprint density at radius 1 is 1.14 bits per heavy atom. The molecule has 0 bridgehead atoms. The van der Waals surface area contributed by atoms with Gasteiger partial charge in [-0.25, -0.2) is 4.98 Å². The molecule has 2 aromatic heterocycles. The number of likely N-dealkylation sites (tertiary alicyclic amines) is 2. The van der Waals surface area contributed by atoms with Crippen LogP contribution in [-0.4, -0.2) is 66.2 Å². The molecule has 4 rings (SSSR count). The van der Waals surface area contributed by atoms with E-state index in [4.69, 9.17) is 0 Å². The first-order chi connectivity index (χ1) is 13.7. The standard InChI is InChI=1S/C20H31N7O/c1-2-26-17-22-23-18(26)14-24-11-6-20(7-12-24)5-4-19(28)27(15-20)10-3-9-25-13-8-21-16-25/h8,13,16-17H,2-7,9-12,14-15H2,1H3. The van der Waals surface area contributed by atoms with E-state index >= 15 is 0 Å². The summed E-state index contributed by atoms with van der Waals surface area (Å²) >= 11 is 0. The Labute approximate surface area is 166 Å². The lowest BCUT2D eigenvalue weighted by Crippen LogP contribution is -2.51. The number of amides is 1. The maximum absolute atomic E-state index is 12.4. The zero-order chi connectivity index (χ0) is 19.4. The van der Waals surface area contributed by atoms with Crippen LogP contribution in [0.4, 0.5) is 0 Å². The second-order valence-electron chi connectivity index (χ2n) is 8.28. The van der Waals surface area contributed by atoms with Gasteiger partial charge in [-0.2, -0.15) is 0 Å². The number of piperidine rings is 2.